The standard InChI is InChI=1S/C24H28F2/c25-18-2-1-3-19-4-6-20(7-5-19)8-9-21-10-12-22(13-11-21)23-14-16-24(26)17-15-23/h1,3,10-17,19-20H,2,4-9,18H2. The van der Waals surface area contributed by atoms with Crippen LogP contribution in [0.15, 0.2) is 60.7 Å². The lowest BCUT2D eigenvalue weighted by atomic mass is 9.79. The minimum absolute atomic E-state index is 0.196. The van der Waals surface area contributed by atoms with Crippen LogP contribution >= 0.6 is 0 Å². The molecular formula is C24H28F2. The van der Waals surface area contributed by atoms with Crippen LogP contribution in [0, 0.1) is 17.7 Å². The average Bonchev–Trinajstić information content (AvgIpc) is 2.69. The van der Waals surface area contributed by atoms with E-state index >= 15 is 0 Å². The quantitative estimate of drug-likeness (QED) is 0.463. The Bertz CT molecular complexity index is 677. The first-order valence-corrected chi connectivity index (χ1v) is 9.82. The van der Waals surface area contributed by atoms with Gasteiger partial charge in [-0.15, -0.1) is 0 Å². The largest absolute Gasteiger partial charge is 0.251 e. The van der Waals surface area contributed by atoms with E-state index in [1.165, 1.54) is 49.8 Å². The van der Waals surface area contributed by atoms with Crippen molar-refractivity contribution < 1.29 is 8.78 Å². The van der Waals surface area contributed by atoms with E-state index in [1.54, 1.807) is 0 Å². The molecule has 138 valence electrons. The molecule has 1 fully saturated rings. The van der Waals surface area contributed by atoms with E-state index in [4.69, 9.17) is 0 Å². The van der Waals surface area contributed by atoms with Crippen molar-refractivity contribution in [2.45, 2.75) is 44.9 Å². The summed E-state index contributed by atoms with van der Waals surface area (Å²) in [5.74, 6) is 1.28. The summed E-state index contributed by atoms with van der Waals surface area (Å²) in [4.78, 5) is 0. The van der Waals surface area contributed by atoms with Gasteiger partial charge in [-0.3, -0.25) is 4.39 Å². The molecule has 0 heterocycles. The van der Waals surface area contributed by atoms with Gasteiger partial charge in [-0.2, -0.15) is 0 Å². The lowest BCUT2D eigenvalue weighted by Gasteiger charge is -2.26. The van der Waals surface area contributed by atoms with Crippen molar-refractivity contribution in [1.82, 2.24) is 0 Å². The van der Waals surface area contributed by atoms with Crippen LogP contribution in [0.1, 0.15) is 44.1 Å². The van der Waals surface area contributed by atoms with Gasteiger partial charge in [-0.05, 0) is 85.6 Å². The second kappa shape index (κ2) is 9.66. The summed E-state index contributed by atoms with van der Waals surface area (Å²) in [7, 11) is 0. The molecule has 0 saturated heterocycles. The monoisotopic (exact) mass is 354 g/mol. The van der Waals surface area contributed by atoms with Gasteiger partial charge >= 0.3 is 0 Å². The minimum atomic E-state index is -0.244. The summed E-state index contributed by atoms with van der Waals surface area (Å²) in [5.41, 5.74) is 3.56. The van der Waals surface area contributed by atoms with Crippen LogP contribution in [0.25, 0.3) is 11.1 Å². The van der Waals surface area contributed by atoms with Crippen LogP contribution in [0.4, 0.5) is 8.78 Å². The summed E-state index contributed by atoms with van der Waals surface area (Å²) in [6.07, 6.45) is 12.2. The Morgan fingerprint density at radius 2 is 1.46 bits per heavy atom. The highest BCUT2D eigenvalue weighted by atomic mass is 19.1. The summed E-state index contributed by atoms with van der Waals surface area (Å²) < 4.78 is 25.2. The Morgan fingerprint density at radius 3 is 2.08 bits per heavy atom. The number of benzene rings is 2. The normalized spacial score (nSPS) is 20.5. The van der Waals surface area contributed by atoms with Crippen LogP contribution in [0.5, 0.6) is 0 Å². The topological polar surface area (TPSA) is 0 Å². The molecule has 0 atom stereocenters. The molecule has 2 heteroatoms. The molecule has 26 heavy (non-hydrogen) atoms. The third kappa shape index (κ3) is 5.52. The molecule has 2 aromatic carbocycles. The van der Waals surface area contributed by atoms with E-state index in [9.17, 15) is 8.78 Å². The van der Waals surface area contributed by atoms with Crippen molar-refractivity contribution in [3.05, 3.63) is 72.1 Å². The molecule has 0 spiro atoms. The fourth-order valence-corrected chi connectivity index (χ4v) is 3.90. The molecule has 1 aliphatic rings. The number of rotatable bonds is 7. The van der Waals surface area contributed by atoms with Crippen molar-refractivity contribution in [1.29, 1.82) is 0 Å². The van der Waals surface area contributed by atoms with Crippen molar-refractivity contribution in [2.75, 3.05) is 6.67 Å². The first-order chi connectivity index (χ1) is 12.7. The van der Waals surface area contributed by atoms with Gasteiger partial charge in [0, 0.05) is 0 Å². The molecule has 0 aliphatic heterocycles. The molecule has 2 aromatic rings. The highest BCUT2D eigenvalue weighted by molar-refractivity contribution is 5.63. The molecule has 0 nitrogen and oxygen atoms in total. The van der Waals surface area contributed by atoms with Crippen molar-refractivity contribution in [3.63, 3.8) is 0 Å². The summed E-state index contributed by atoms with van der Waals surface area (Å²) in [6, 6.07) is 15.3. The molecule has 0 radical (unpaired) electrons. The van der Waals surface area contributed by atoms with Crippen molar-refractivity contribution in [3.8, 4) is 11.1 Å². The molecule has 0 amide bonds. The van der Waals surface area contributed by atoms with E-state index in [1.807, 2.05) is 18.2 Å². The Labute approximate surface area is 156 Å². The van der Waals surface area contributed by atoms with Crippen LogP contribution in [-0.2, 0) is 6.42 Å². The molecule has 1 aliphatic carbocycles. The van der Waals surface area contributed by atoms with Crippen LogP contribution < -0.4 is 0 Å². The SMILES string of the molecule is FCCC=CC1CCC(CCc2ccc(-c3ccc(F)cc3)cc2)CC1. The van der Waals surface area contributed by atoms with E-state index < -0.39 is 0 Å². The maximum Gasteiger partial charge on any atom is 0.123 e. The third-order valence-electron chi connectivity index (χ3n) is 5.55. The second-order valence-electron chi connectivity index (χ2n) is 7.43. The van der Waals surface area contributed by atoms with Gasteiger partial charge in [-0.1, -0.05) is 48.6 Å². The lowest BCUT2D eigenvalue weighted by molar-refractivity contribution is 0.296. The van der Waals surface area contributed by atoms with E-state index in [2.05, 4.69) is 30.3 Å². The highest BCUT2D eigenvalue weighted by Crippen LogP contribution is 2.32. The van der Waals surface area contributed by atoms with Crippen LogP contribution in [-0.4, -0.2) is 6.67 Å². The van der Waals surface area contributed by atoms with Gasteiger partial charge in [0.1, 0.15) is 5.82 Å². The van der Waals surface area contributed by atoms with Gasteiger partial charge < -0.3 is 0 Å². The summed E-state index contributed by atoms with van der Waals surface area (Å²) in [5, 5.41) is 0. The minimum Gasteiger partial charge on any atom is -0.251 e. The summed E-state index contributed by atoms with van der Waals surface area (Å²) in [6.45, 7) is -0.244. The molecule has 0 bridgehead atoms. The third-order valence-corrected chi connectivity index (χ3v) is 5.55. The Kier molecular flexibility index (Phi) is 6.99. The summed E-state index contributed by atoms with van der Waals surface area (Å²) >= 11 is 0. The Morgan fingerprint density at radius 1 is 0.846 bits per heavy atom. The van der Waals surface area contributed by atoms with Crippen LogP contribution in [0.2, 0.25) is 0 Å². The number of hydrogen-bond acceptors (Lipinski definition) is 0. The van der Waals surface area contributed by atoms with E-state index in [0.29, 0.717) is 12.3 Å². The van der Waals surface area contributed by atoms with Gasteiger partial charge in [0.2, 0.25) is 0 Å². The number of allylic oxidation sites excluding steroid dienone is 2. The van der Waals surface area contributed by atoms with Gasteiger partial charge in [0.15, 0.2) is 0 Å². The molecule has 3 rings (SSSR count). The predicted octanol–water partition coefficient (Wildman–Crippen LogP) is 7.15. The molecule has 0 unspecified atom stereocenters. The number of halogens is 2. The smallest absolute Gasteiger partial charge is 0.123 e. The second-order valence-corrected chi connectivity index (χ2v) is 7.43. The number of alkyl halides is 1. The molecule has 0 N–H and O–H groups in total. The lowest BCUT2D eigenvalue weighted by Crippen LogP contribution is -2.13. The zero-order valence-corrected chi connectivity index (χ0v) is 15.3. The van der Waals surface area contributed by atoms with Gasteiger partial charge in [-0.25, -0.2) is 4.39 Å². The predicted molar refractivity (Wildman–Crippen MR) is 105 cm³/mol. The molecule has 1 saturated carbocycles. The molecule has 0 aromatic heterocycles. The van der Waals surface area contributed by atoms with E-state index in [0.717, 1.165) is 23.5 Å². The van der Waals surface area contributed by atoms with Gasteiger partial charge in [0.05, 0.1) is 6.67 Å². The maximum absolute atomic E-state index is 13.0. The Balaban J connectivity index is 1.45. The fraction of sp³-hybridized carbons (Fsp3) is 0.417. The van der Waals surface area contributed by atoms with Gasteiger partial charge in [0.25, 0.3) is 0 Å². The maximum atomic E-state index is 13.0. The average molecular weight is 354 g/mol. The highest BCUT2D eigenvalue weighted by Gasteiger charge is 2.19. The number of aryl methyl sites for hydroxylation is 1. The van der Waals surface area contributed by atoms with Crippen molar-refractivity contribution in [2.24, 2.45) is 11.8 Å². The first kappa shape index (κ1) is 18.8. The van der Waals surface area contributed by atoms with Crippen LogP contribution in [0.3, 0.4) is 0 Å². The molecular weight excluding hydrogens is 326 g/mol. The number of hydrogen-bond donors (Lipinski definition) is 0. The van der Waals surface area contributed by atoms with Crippen molar-refractivity contribution >= 4 is 0 Å². The fourth-order valence-electron chi connectivity index (χ4n) is 3.90. The van der Waals surface area contributed by atoms with E-state index in [-0.39, 0.29) is 12.5 Å². The Hall–Kier alpha value is -1.96. The zero-order chi connectivity index (χ0) is 18.2. The first-order valence-electron chi connectivity index (χ1n) is 9.82. The zero-order valence-electron chi connectivity index (χ0n) is 15.3.